The summed E-state index contributed by atoms with van der Waals surface area (Å²) in [4.78, 5) is 0. The number of hydrogen-bond acceptors (Lipinski definition) is 0. The Kier molecular flexibility index (Phi) is 17.7. The number of rotatable bonds is 14. The normalized spacial score (nSPS) is 10.9. The molecule has 0 atom stereocenters. The van der Waals surface area contributed by atoms with Gasteiger partial charge in [0.1, 0.15) is 24.6 Å². The van der Waals surface area contributed by atoms with E-state index < -0.39 is 31.7 Å². The monoisotopic (exact) mass is 995 g/mol. The van der Waals surface area contributed by atoms with Crippen LogP contribution in [0.2, 0.25) is 0 Å². The van der Waals surface area contributed by atoms with E-state index in [2.05, 4.69) is 243 Å². The van der Waals surface area contributed by atoms with Gasteiger partial charge in [0.05, 0.1) is 74.1 Å². The fraction of sp³-hybridized carbons (Fsp3) is 0.0769. The molecule has 0 spiro atoms. The first-order valence-electron chi connectivity index (χ1n) is 19.7. The molecule has 0 nitrogen and oxygen atoms in total. The van der Waals surface area contributed by atoms with E-state index in [-0.39, 0.29) is 21.1 Å². The SMILES string of the molecule is [Pt].c1ccc([PH+](CC[PH+](c2ccccc2)c2ccccc2)c2ccccc2)cc1.c1ccc([PH+](CC[PH+](c2ccccc2)c2ccccc2)c2ccccc2)cc1. The number of benzene rings is 8. The number of hydrogen-bond donors (Lipinski definition) is 0. The Bertz CT molecular complexity index is 1760. The summed E-state index contributed by atoms with van der Waals surface area (Å²) in [6.07, 6.45) is 5.04. The first-order chi connectivity index (χ1) is 27.8. The van der Waals surface area contributed by atoms with Crippen LogP contribution in [0.15, 0.2) is 243 Å². The molecule has 0 unspecified atom stereocenters. The van der Waals surface area contributed by atoms with Crippen molar-refractivity contribution in [3.8, 4) is 0 Å². The van der Waals surface area contributed by atoms with Crippen molar-refractivity contribution in [2.45, 2.75) is 0 Å². The van der Waals surface area contributed by atoms with Crippen molar-refractivity contribution >= 4 is 74.1 Å². The van der Waals surface area contributed by atoms with Crippen molar-refractivity contribution in [3.05, 3.63) is 243 Å². The van der Waals surface area contributed by atoms with E-state index in [1.807, 2.05) is 0 Å². The molecule has 0 saturated carbocycles. The third kappa shape index (κ3) is 12.6. The maximum atomic E-state index is 2.32. The van der Waals surface area contributed by atoms with Crippen molar-refractivity contribution in [1.29, 1.82) is 0 Å². The molecule has 286 valence electrons. The molecule has 0 radical (unpaired) electrons. The van der Waals surface area contributed by atoms with Crippen LogP contribution in [0.4, 0.5) is 0 Å². The summed E-state index contributed by atoms with van der Waals surface area (Å²) in [5, 5.41) is 12.1. The molecule has 0 aliphatic rings. The van der Waals surface area contributed by atoms with Gasteiger partial charge in [0.25, 0.3) is 0 Å². The van der Waals surface area contributed by atoms with Crippen molar-refractivity contribution in [3.63, 3.8) is 0 Å². The Labute approximate surface area is 360 Å². The van der Waals surface area contributed by atoms with E-state index in [4.69, 9.17) is 0 Å². The summed E-state index contributed by atoms with van der Waals surface area (Å²) in [6, 6.07) is 89.0. The Morgan fingerprint density at radius 1 is 0.175 bits per heavy atom. The standard InChI is InChI=1S/2C26H24P2.Pt/c2*1-5-13-23(14-6-1)27(24-15-7-2-8-16-24)21-22-28(25-17-9-3-10-18-25)26-19-11-4-12-20-26;/h2*1-20H,21-22H2;/p+4. The quantitative estimate of drug-likeness (QED) is 0.0954. The van der Waals surface area contributed by atoms with Gasteiger partial charge in [-0.2, -0.15) is 0 Å². The van der Waals surface area contributed by atoms with Gasteiger partial charge in [-0.3, -0.25) is 0 Å². The first kappa shape index (κ1) is 42.8. The average molecular weight is 996 g/mol. The molecule has 0 heterocycles. The van der Waals surface area contributed by atoms with Gasteiger partial charge in [0.15, 0.2) is 0 Å². The van der Waals surface area contributed by atoms with Gasteiger partial charge in [0.2, 0.25) is 0 Å². The molecular formula is C52H52P4Pt+4. The van der Waals surface area contributed by atoms with Crippen LogP contribution in [0.3, 0.4) is 0 Å². The topological polar surface area (TPSA) is 0 Å². The predicted molar refractivity (Wildman–Crippen MR) is 261 cm³/mol. The maximum Gasteiger partial charge on any atom is 0.101 e. The second kappa shape index (κ2) is 23.5. The summed E-state index contributed by atoms with van der Waals surface area (Å²) in [5.74, 6) is 0. The summed E-state index contributed by atoms with van der Waals surface area (Å²) >= 11 is 0. The van der Waals surface area contributed by atoms with E-state index >= 15 is 0 Å². The minimum Gasteiger partial charge on any atom is -0.0620 e. The summed E-state index contributed by atoms with van der Waals surface area (Å²) in [6.45, 7) is 0. The van der Waals surface area contributed by atoms with E-state index in [1.165, 1.54) is 67.1 Å². The van der Waals surface area contributed by atoms with Gasteiger partial charge in [-0.25, -0.2) is 0 Å². The summed E-state index contributed by atoms with van der Waals surface area (Å²) in [5.41, 5.74) is 0. The zero-order valence-corrected chi connectivity index (χ0v) is 38.5. The molecule has 0 bridgehead atoms. The zero-order valence-electron chi connectivity index (χ0n) is 32.2. The molecule has 0 fully saturated rings. The van der Waals surface area contributed by atoms with Crippen LogP contribution < -0.4 is 42.4 Å². The molecular weight excluding hydrogens is 944 g/mol. The molecule has 0 aliphatic carbocycles. The molecule has 0 saturated heterocycles. The summed E-state index contributed by atoms with van der Waals surface area (Å²) in [7, 11) is -3.13. The van der Waals surface area contributed by atoms with Crippen LogP contribution in [0.25, 0.3) is 0 Å². The van der Waals surface area contributed by atoms with Crippen molar-refractivity contribution < 1.29 is 21.1 Å². The Morgan fingerprint density at radius 2 is 0.281 bits per heavy atom. The van der Waals surface area contributed by atoms with Crippen molar-refractivity contribution in [2.24, 2.45) is 0 Å². The molecule has 8 rings (SSSR count). The average Bonchev–Trinajstić information content (AvgIpc) is 3.29. The largest absolute Gasteiger partial charge is 0.101 e. The summed E-state index contributed by atoms with van der Waals surface area (Å²) < 4.78 is 0. The van der Waals surface area contributed by atoms with E-state index in [0.29, 0.717) is 0 Å². The fourth-order valence-electron chi connectivity index (χ4n) is 7.44. The van der Waals surface area contributed by atoms with E-state index in [0.717, 1.165) is 0 Å². The van der Waals surface area contributed by atoms with Gasteiger partial charge in [-0.05, 0) is 97.1 Å². The maximum absolute atomic E-state index is 2.32. The molecule has 8 aromatic carbocycles. The van der Waals surface area contributed by atoms with Crippen molar-refractivity contribution in [1.82, 2.24) is 0 Å². The van der Waals surface area contributed by atoms with Crippen LogP contribution in [0, 0.1) is 0 Å². The van der Waals surface area contributed by atoms with Crippen LogP contribution >= 0.6 is 31.7 Å². The smallest absolute Gasteiger partial charge is 0.0620 e. The molecule has 0 aromatic heterocycles. The Morgan fingerprint density at radius 3 is 0.386 bits per heavy atom. The fourth-order valence-corrected chi connectivity index (χ4v) is 19.8. The van der Waals surface area contributed by atoms with Crippen molar-refractivity contribution in [2.75, 3.05) is 24.6 Å². The molecule has 57 heavy (non-hydrogen) atoms. The van der Waals surface area contributed by atoms with Crippen LogP contribution in [0.5, 0.6) is 0 Å². The zero-order chi connectivity index (χ0) is 38.0. The molecule has 0 amide bonds. The van der Waals surface area contributed by atoms with Gasteiger partial charge in [-0.1, -0.05) is 146 Å². The van der Waals surface area contributed by atoms with Crippen LogP contribution in [-0.4, -0.2) is 24.6 Å². The second-order valence-electron chi connectivity index (χ2n) is 13.8. The van der Waals surface area contributed by atoms with Gasteiger partial charge >= 0.3 is 0 Å². The first-order valence-corrected chi connectivity index (χ1v) is 26.5. The minimum atomic E-state index is -0.783. The minimum absolute atomic E-state index is 0. The third-order valence-electron chi connectivity index (χ3n) is 10.2. The van der Waals surface area contributed by atoms with Gasteiger partial charge in [-0.15, -0.1) is 0 Å². The van der Waals surface area contributed by atoms with E-state index in [1.54, 1.807) is 0 Å². The van der Waals surface area contributed by atoms with Gasteiger partial charge < -0.3 is 0 Å². The molecule has 0 aliphatic heterocycles. The predicted octanol–water partition coefficient (Wildman–Crippen LogP) is 9.43. The van der Waals surface area contributed by atoms with Gasteiger partial charge in [0, 0.05) is 21.1 Å². The second-order valence-corrected chi connectivity index (χ2v) is 24.3. The van der Waals surface area contributed by atoms with Crippen LogP contribution in [0.1, 0.15) is 0 Å². The van der Waals surface area contributed by atoms with E-state index in [9.17, 15) is 0 Å². The molecule has 0 N–H and O–H groups in total. The molecule has 8 aromatic rings. The van der Waals surface area contributed by atoms with Crippen LogP contribution in [-0.2, 0) is 21.1 Å². The Hall–Kier alpha value is -3.83. The third-order valence-corrected chi connectivity index (χ3v) is 22.5. The Balaban J connectivity index is 0.000000189. The molecule has 5 heteroatoms.